The number of unbranched alkanes of at least 4 members (excludes halogenated alkanes) is 1. The van der Waals surface area contributed by atoms with Crippen molar-refractivity contribution < 1.29 is 4.79 Å². The Balaban J connectivity index is 2.80. The Kier molecular flexibility index (Phi) is 4.73. The van der Waals surface area contributed by atoms with Gasteiger partial charge >= 0.3 is 0 Å². The number of aryl methyl sites for hydroxylation is 1. The summed E-state index contributed by atoms with van der Waals surface area (Å²) in [7, 11) is 0. The highest BCUT2D eigenvalue weighted by Gasteiger charge is 2.21. The number of amides is 1. The van der Waals surface area contributed by atoms with E-state index in [4.69, 9.17) is 0 Å². The predicted molar refractivity (Wildman–Crippen MR) is 73.1 cm³/mol. The van der Waals surface area contributed by atoms with Gasteiger partial charge in [-0.25, -0.2) is 0 Å². The number of para-hydroxylation sites is 1. The van der Waals surface area contributed by atoms with Crippen molar-refractivity contribution in [1.29, 1.82) is 0 Å². The van der Waals surface area contributed by atoms with Crippen molar-refractivity contribution in [3.63, 3.8) is 0 Å². The summed E-state index contributed by atoms with van der Waals surface area (Å²) >= 11 is 0. The molecular formula is C15H23NO. The molecule has 0 bridgehead atoms. The van der Waals surface area contributed by atoms with E-state index in [1.807, 2.05) is 39.0 Å². The Hall–Kier alpha value is -1.31. The smallest absolute Gasteiger partial charge is 0.229 e. The first kappa shape index (κ1) is 13.8. The van der Waals surface area contributed by atoms with Crippen LogP contribution in [0.5, 0.6) is 0 Å². The minimum Gasteiger partial charge on any atom is -0.325 e. The lowest BCUT2D eigenvalue weighted by molar-refractivity contribution is -0.123. The molecule has 17 heavy (non-hydrogen) atoms. The highest BCUT2D eigenvalue weighted by Crippen LogP contribution is 2.21. The van der Waals surface area contributed by atoms with E-state index in [0.717, 1.165) is 18.5 Å². The summed E-state index contributed by atoms with van der Waals surface area (Å²) < 4.78 is 0. The Labute approximate surface area is 104 Å². The second-order valence-electron chi connectivity index (χ2n) is 5.46. The molecule has 0 saturated heterocycles. The molecule has 0 aliphatic carbocycles. The van der Waals surface area contributed by atoms with Crippen LogP contribution >= 0.6 is 0 Å². The van der Waals surface area contributed by atoms with Crippen molar-refractivity contribution in [2.24, 2.45) is 5.41 Å². The van der Waals surface area contributed by atoms with Gasteiger partial charge in [0.2, 0.25) is 5.91 Å². The second-order valence-corrected chi connectivity index (χ2v) is 5.46. The SMILES string of the molecule is CCCCc1ccccc1NC(=O)C(C)(C)C. The van der Waals surface area contributed by atoms with Gasteiger partial charge in [-0.1, -0.05) is 52.3 Å². The summed E-state index contributed by atoms with van der Waals surface area (Å²) in [5.41, 5.74) is 1.84. The largest absolute Gasteiger partial charge is 0.325 e. The lowest BCUT2D eigenvalue weighted by Gasteiger charge is -2.19. The molecule has 0 aliphatic heterocycles. The first-order valence-corrected chi connectivity index (χ1v) is 6.34. The average molecular weight is 233 g/mol. The number of carbonyl (C=O) groups excluding carboxylic acids is 1. The normalized spacial score (nSPS) is 11.3. The molecule has 0 atom stereocenters. The molecule has 0 heterocycles. The molecule has 1 aromatic rings. The van der Waals surface area contributed by atoms with Gasteiger partial charge < -0.3 is 5.32 Å². The summed E-state index contributed by atoms with van der Waals surface area (Å²) in [6, 6.07) is 8.06. The van der Waals surface area contributed by atoms with Crippen LogP contribution in [-0.4, -0.2) is 5.91 Å². The van der Waals surface area contributed by atoms with Gasteiger partial charge in [0.1, 0.15) is 0 Å². The minimum atomic E-state index is -0.349. The van der Waals surface area contributed by atoms with E-state index in [1.54, 1.807) is 0 Å². The summed E-state index contributed by atoms with van der Waals surface area (Å²) in [6.45, 7) is 7.96. The van der Waals surface area contributed by atoms with Crippen molar-refractivity contribution in [3.05, 3.63) is 29.8 Å². The number of hydrogen-bond acceptors (Lipinski definition) is 1. The maximum Gasteiger partial charge on any atom is 0.229 e. The third-order valence-electron chi connectivity index (χ3n) is 2.75. The van der Waals surface area contributed by atoms with Gasteiger partial charge in [0.05, 0.1) is 0 Å². The molecular weight excluding hydrogens is 210 g/mol. The second kappa shape index (κ2) is 5.85. The summed E-state index contributed by atoms with van der Waals surface area (Å²) in [4.78, 5) is 11.9. The van der Waals surface area contributed by atoms with Crippen molar-refractivity contribution in [2.75, 3.05) is 5.32 Å². The van der Waals surface area contributed by atoms with Crippen LogP contribution in [0.4, 0.5) is 5.69 Å². The van der Waals surface area contributed by atoms with Crippen molar-refractivity contribution in [2.45, 2.75) is 47.0 Å². The molecule has 0 saturated carbocycles. The Bertz CT molecular complexity index is 377. The van der Waals surface area contributed by atoms with Crippen LogP contribution in [0.2, 0.25) is 0 Å². The molecule has 0 fully saturated rings. The van der Waals surface area contributed by atoms with Gasteiger partial charge in [-0.05, 0) is 24.5 Å². The number of benzene rings is 1. The number of hydrogen-bond donors (Lipinski definition) is 1. The zero-order chi connectivity index (χ0) is 12.9. The number of carbonyl (C=O) groups is 1. The molecule has 0 aliphatic rings. The van der Waals surface area contributed by atoms with E-state index in [9.17, 15) is 4.79 Å². The van der Waals surface area contributed by atoms with Crippen LogP contribution in [-0.2, 0) is 11.2 Å². The fourth-order valence-electron chi connectivity index (χ4n) is 1.54. The quantitative estimate of drug-likeness (QED) is 0.836. The number of nitrogens with one attached hydrogen (secondary N) is 1. The van der Waals surface area contributed by atoms with Crippen molar-refractivity contribution in [3.8, 4) is 0 Å². The molecule has 0 radical (unpaired) electrons. The Morgan fingerprint density at radius 3 is 2.47 bits per heavy atom. The summed E-state index contributed by atoms with van der Waals surface area (Å²) in [5, 5.41) is 3.02. The fourth-order valence-corrected chi connectivity index (χ4v) is 1.54. The zero-order valence-corrected chi connectivity index (χ0v) is 11.3. The van der Waals surface area contributed by atoms with E-state index < -0.39 is 0 Å². The van der Waals surface area contributed by atoms with Gasteiger partial charge in [-0.15, -0.1) is 0 Å². The van der Waals surface area contributed by atoms with E-state index >= 15 is 0 Å². The van der Waals surface area contributed by atoms with Crippen LogP contribution < -0.4 is 5.32 Å². The van der Waals surface area contributed by atoms with Gasteiger partial charge in [0, 0.05) is 11.1 Å². The van der Waals surface area contributed by atoms with Crippen LogP contribution in [0.3, 0.4) is 0 Å². The lowest BCUT2D eigenvalue weighted by atomic mass is 9.95. The monoisotopic (exact) mass is 233 g/mol. The van der Waals surface area contributed by atoms with E-state index in [2.05, 4.69) is 18.3 Å². The molecule has 94 valence electrons. The third-order valence-corrected chi connectivity index (χ3v) is 2.75. The summed E-state index contributed by atoms with van der Waals surface area (Å²) in [5.74, 6) is 0.0708. The first-order valence-electron chi connectivity index (χ1n) is 6.34. The highest BCUT2D eigenvalue weighted by molar-refractivity contribution is 5.95. The van der Waals surface area contributed by atoms with Gasteiger partial charge in [-0.2, -0.15) is 0 Å². The van der Waals surface area contributed by atoms with Crippen molar-refractivity contribution in [1.82, 2.24) is 0 Å². The van der Waals surface area contributed by atoms with E-state index in [-0.39, 0.29) is 11.3 Å². The van der Waals surface area contributed by atoms with Crippen LogP contribution in [0.15, 0.2) is 24.3 Å². The van der Waals surface area contributed by atoms with Crippen LogP contribution in [0, 0.1) is 5.41 Å². The molecule has 2 heteroatoms. The molecule has 0 unspecified atom stereocenters. The Morgan fingerprint density at radius 1 is 1.24 bits per heavy atom. The molecule has 1 N–H and O–H groups in total. The van der Waals surface area contributed by atoms with Crippen molar-refractivity contribution >= 4 is 11.6 Å². The first-order chi connectivity index (χ1) is 7.95. The highest BCUT2D eigenvalue weighted by atomic mass is 16.2. The third kappa shape index (κ3) is 4.22. The molecule has 1 aromatic carbocycles. The number of rotatable bonds is 4. The van der Waals surface area contributed by atoms with Gasteiger partial charge in [0.15, 0.2) is 0 Å². The number of anilines is 1. The fraction of sp³-hybridized carbons (Fsp3) is 0.533. The zero-order valence-electron chi connectivity index (χ0n) is 11.3. The topological polar surface area (TPSA) is 29.1 Å². The lowest BCUT2D eigenvalue weighted by Crippen LogP contribution is -2.28. The molecule has 2 nitrogen and oxygen atoms in total. The Morgan fingerprint density at radius 2 is 1.88 bits per heavy atom. The van der Waals surface area contributed by atoms with E-state index in [0.29, 0.717) is 0 Å². The van der Waals surface area contributed by atoms with E-state index in [1.165, 1.54) is 12.0 Å². The maximum atomic E-state index is 11.9. The van der Waals surface area contributed by atoms with Gasteiger partial charge in [0.25, 0.3) is 0 Å². The predicted octanol–water partition coefficient (Wildman–Crippen LogP) is 4.01. The molecule has 0 aromatic heterocycles. The molecule has 1 amide bonds. The standard InChI is InChI=1S/C15H23NO/c1-5-6-9-12-10-7-8-11-13(12)16-14(17)15(2,3)4/h7-8,10-11H,5-6,9H2,1-4H3,(H,16,17). The molecule has 1 rings (SSSR count). The van der Waals surface area contributed by atoms with Gasteiger partial charge in [-0.3, -0.25) is 4.79 Å². The van der Waals surface area contributed by atoms with Crippen LogP contribution in [0.25, 0.3) is 0 Å². The van der Waals surface area contributed by atoms with Crippen LogP contribution in [0.1, 0.15) is 46.1 Å². The average Bonchev–Trinajstić information content (AvgIpc) is 2.26. The minimum absolute atomic E-state index is 0.0708. The summed E-state index contributed by atoms with van der Waals surface area (Å²) in [6.07, 6.45) is 3.35. The molecule has 0 spiro atoms. The maximum absolute atomic E-state index is 11.9.